The molecule has 4 rings (SSSR count). The lowest BCUT2D eigenvalue weighted by molar-refractivity contribution is 0.0289. The molecule has 0 spiro atoms. The van der Waals surface area contributed by atoms with Crippen molar-refractivity contribution in [1.29, 1.82) is 0 Å². The second kappa shape index (κ2) is 8.63. The van der Waals surface area contributed by atoms with Gasteiger partial charge < -0.3 is 14.4 Å². The highest BCUT2D eigenvalue weighted by atomic mass is 79.9. The Balaban J connectivity index is 1.32. The molecule has 2 aromatic carbocycles. The van der Waals surface area contributed by atoms with Gasteiger partial charge in [0.15, 0.2) is 0 Å². The lowest BCUT2D eigenvalue weighted by atomic mass is 9.95. The number of halogens is 1. The van der Waals surface area contributed by atoms with Crippen LogP contribution in [0.1, 0.15) is 23.7 Å². The van der Waals surface area contributed by atoms with Crippen LogP contribution in [0.4, 0.5) is 5.69 Å². The number of ether oxygens (including phenoxy) is 2. The second-order valence-corrected chi connectivity index (χ2v) is 8.16. The molecule has 2 aliphatic heterocycles. The Kier molecular flexibility index (Phi) is 6.01. The quantitative estimate of drug-likeness (QED) is 0.706. The van der Waals surface area contributed by atoms with Gasteiger partial charge in [0.05, 0.1) is 25.5 Å². The number of piperazine rings is 1. The average molecular weight is 431 g/mol. The highest BCUT2D eigenvalue weighted by Gasteiger charge is 2.24. The number of para-hydroxylation sites is 2. The van der Waals surface area contributed by atoms with Crippen LogP contribution in [0.5, 0.6) is 5.75 Å². The van der Waals surface area contributed by atoms with Crippen LogP contribution >= 0.6 is 15.9 Å². The zero-order valence-electron chi connectivity index (χ0n) is 15.9. The van der Waals surface area contributed by atoms with Crippen molar-refractivity contribution in [3.05, 3.63) is 58.1 Å². The van der Waals surface area contributed by atoms with Crippen LogP contribution < -0.4 is 9.64 Å². The van der Waals surface area contributed by atoms with Crippen molar-refractivity contribution in [2.24, 2.45) is 0 Å². The number of benzene rings is 2. The Morgan fingerprint density at radius 3 is 2.74 bits per heavy atom. The molecule has 0 radical (unpaired) electrons. The number of hydrogen-bond acceptors (Lipinski definition) is 4. The highest BCUT2D eigenvalue weighted by molar-refractivity contribution is 9.10. The van der Waals surface area contributed by atoms with Crippen LogP contribution in [0.25, 0.3) is 0 Å². The Hall–Kier alpha value is -1.56. The van der Waals surface area contributed by atoms with Crippen molar-refractivity contribution < 1.29 is 9.47 Å². The minimum atomic E-state index is 0.231. The smallest absolute Gasteiger partial charge is 0.142 e. The Morgan fingerprint density at radius 2 is 1.93 bits per heavy atom. The molecule has 0 bridgehead atoms. The van der Waals surface area contributed by atoms with E-state index in [9.17, 15) is 0 Å². The van der Waals surface area contributed by atoms with Gasteiger partial charge in [-0.15, -0.1) is 0 Å². The Bertz CT molecular complexity index is 775. The lowest BCUT2D eigenvalue weighted by Crippen LogP contribution is -2.47. The van der Waals surface area contributed by atoms with E-state index >= 15 is 0 Å². The van der Waals surface area contributed by atoms with E-state index in [2.05, 4.69) is 56.1 Å². The van der Waals surface area contributed by atoms with E-state index in [0.717, 1.165) is 62.4 Å². The molecule has 1 unspecified atom stereocenters. The molecule has 1 saturated heterocycles. The fraction of sp³-hybridized carbons (Fsp3) is 0.455. The van der Waals surface area contributed by atoms with Crippen molar-refractivity contribution in [3.63, 3.8) is 0 Å². The molecule has 0 saturated carbocycles. The van der Waals surface area contributed by atoms with Gasteiger partial charge in [-0.1, -0.05) is 34.1 Å². The largest absolute Gasteiger partial charge is 0.495 e. The fourth-order valence-corrected chi connectivity index (χ4v) is 4.56. The number of rotatable bonds is 5. The standard InChI is InChI=1S/C22H27BrN2O2/c1-26-22-5-3-2-4-20(22)25-13-11-24(12-14-25)10-8-21-19-7-6-18(23)16-17(19)9-15-27-21/h2-7,16,21H,8-15H2,1H3. The van der Waals surface area contributed by atoms with Gasteiger partial charge >= 0.3 is 0 Å². The summed E-state index contributed by atoms with van der Waals surface area (Å²) in [5, 5.41) is 0. The predicted molar refractivity (Wildman–Crippen MR) is 113 cm³/mol. The molecule has 1 fully saturated rings. The Labute approximate surface area is 170 Å². The van der Waals surface area contributed by atoms with Crippen LogP contribution in [0.15, 0.2) is 46.9 Å². The molecule has 144 valence electrons. The molecular formula is C22H27BrN2O2. The highest BCUT2D eigenvalue weighted by Crippen LogP contribution is 2.32. The summed E-state index contributed by atoms with van der Waals surface area (Å²) >= 11 is 3.58. The van der Waals surface area contributed by atoms with Crippen LogP contribution in [0.2, 0.25) is 0 Å². The summed E-state index contributed by atoms with van der Waals surface area (Å²) in [6.45, 7) is 6.15. The van der Waals surface area contributed by atoms with Gasteiger partial charge in [0.25, 0.3) is 0 Å². The number of nitrogens with zero attached hydrogens (tertiary/aromatic N) is 2. The zero-order chi connectivity index (χ0) is 18.6. The molecule has 2 aromatic rings. The van der Waals surface area contributed by atoms with Gasteiger partial charge in [-0.05, 0) is 48.2 Å². The van der Waals surface area contributed by atoms with E-state index in [0.29, 0.717) is 0 Å². The first-order chi connectivity index (χ1) is 13.2. The zero-order valence-corrected chi connectivity index (χ0v) is 17.5. The number of anilines is 1. The summed E-state index contributed by atoms with van der Waals surface area (Å²) in [7, 11) is 1.75. The summed E-state index contributed by atoms with van der Waals surface area (Å²) < 4.78 is 12.8. The van der Waals surface area contributed by atoms with E-state index in [1.807, 2.05) is 12.1 Å². The normalized spacial score (nSPS) is 20.4. The minimum Gasteiger partial charge on any atom is -0.495 e. The average Bonchev–Trinajstić information content (AvgIpc) is 2.72. The van der Waals surface area contributed by atoms with E-state index in [1.54, 1.807) is 7.11 Å². The van der Waals surface area contributed by atoms with E-state index in [1.165, 1.54) is 16.8 Å². The lowest BCUT2D eigenvalue weighted by Gasteiger charge is -2.37. The Morgan fingerprint density at radius 1 is 1.11 bits per heavy atom. The summed E-state index contributed by atoms with van der Waals surface area (Å²) in [6, 6.07) is 14.9. The molecule has 2 heterocycles. The third kappa shape index (κ3) is 4.31. The monoisotopic (exact) mass is 430 g/mol. The summed E-state index contributed by atoms with van der Waals surface area (Å²) in [4.78, 5) is 4.99. The van der Waals surface area contributed by atoms with Crippen molar-refractivity contribution in [1.82, 2.24) is 4.90 Å². The molecule has 1 atom stereocenters. The molecule has 5 heteroatoms. The molecule has 0 N–H and O–H groups in total. The van der Waals surface area contributed by atoms with Crippen LogP contribution in [0, 0.1) is 0 Å². The molecule has 27 heavy (non-hydrogen) atoms. The SMILES string of the molecule is COc1ccccc1N1CCN(CCC2OCCc3cc(Br)ccc32)CC1. The van der Waals surface area contributed by atoms with Gasteiger partial charge in [0.2, 0.25) is 0 Å². The van der Waals surface area contributed by atoms with Gasteiger partial charge in [-0.25, -0.2) is 0 Å². The van der Waals surface area contributed by atoms with Crippen molar-refractivity contribution >= 4 is 21.6 Å². The van der Waals surface area contributed by atoms with Crippen LogP contribution in [-0.2, 0) is 11.2 Å². The van der Waals surface area contributed by atoms with Gasteiger partial charge in [0, 0.05) is 37.2 Å². The molecule has 2 aliphatic rings. The van der Waals surface area contributed by atoms with Crippen molar-refractivity contribution in [2.75, 3.05) is 51.3 Å². The maximum absolute atomic E-state index is 6.09. The molecule has 4 nitrogen and oxygen atoms in total. The third-order valence-electron chi connectivity index (χ3n) is 5.65. The van der Waals surface area contributed by atoms with Gasteiger partial charge in [0.1, 0.15) is 5.75 Å². The molecule has 0 amide bonds. The topological polar surface area (TPSA) is 24.9 Å². The molecular weight excluding hydrogens is 404 g/mol. The maximum atomic E-state index is 6.09. The van der Waals surface area contributed by atoms with Gasteiger partial charge in [-0.3, -0.25) is 4.90 Å². The summed E-state index contributed by atoms with van der Waals surface area (Å²) in [6.07, 6.45) is 2.31. The number of hydrogen-bond donors (Lipinski definition) is 0. The van der Waals surface area contributed by atoms with Crippen molar-refractivity contribution in [3.8, 4) is 5.75 Å². The van der Waals surface area contributed by atoms with E-state index in [4.69, 9.17) is 9.47 Å². The third-order valence-corrected chi connectivity index (χ3v) is 6.14. The first-order valence-corrected chi connectivity index (χ1v) is 10.5. The van der Waals surface area contributed by atoms with Crippen LogP contribution in [-0.4, -0.2) is 51.3 Å². The predicted octanol–water partition coefficient (Wildman–Crippen LogP) is 4.28. The molecule has 0 aliphatic carbocycles. The van der Waals surface area contributed by atoms with E-state index in [-0.39, 0.29) is 6.10 Å². The van der Waals surface area contributed by atoms with Gasteiger partial charge in [-0.2, -0.15) is 0 Å². The number of methoxy groups -OCH3 is 1. The number of fused-ring (bicyclic) bond motifs is 1. The first kappa shape index (κ1) is 18.8. The summed E-state index contributed by atoms with van der Waals surface area (Å²) in [5.41, 5.74) is 4.01. The fourth-order valence-electron chi connectivity index (χ4n) is 4.15. The molecule has 0 aromatic heterocycles. The second-order valence-electron chi connectivity index (χ2n) is 7.24. The van der Waals surface area contributed by atoms with Crippen LogP contribution in [0.3, 0.4) is 0 Å². The van der Waals surface area contributed by atoms with Crippen molar-refractivity contribution in [2.45, 2.75) is 18.9 Å². The minimum absolute atomic E-state index is 0.231. The van der Waals surface area contributed by atoms with E-state index < -0.39 is 0 Å². The first-order valence-electron chi connectivity index (χ1n) is 9.75. The maximum Gasteiger partial charge on any atom is 0.142 e. The summed E-state index contributed by atoms with van der Waals surface area (Å²) in [5.74, 6) is 0.962.